The molecule has 7 rings (SSSR count). The maximum Gasteiger partial charge on any atom is 0.187 e. The summed E-state index contributed by atoms with van der Waals surface area (Å²) in [6, 6.07) is 0. The first kappa shape index (κ1) is 31.9. The fourth-order valence-electron chi connectivity index (χ4n) is 11.1. The van der Waals surface area contributed by atoms with Crippen molar-refractivity contribution in [3.63, 3.8) is 0 Å². The van der Waals surface area contributed by atoms with Gasteiger partial charge in [-0.1, -0.05) is 30.9 Å². The Labute approximate surface area is 264 Å². The van der Waals surface area contributed by atoms with Gasteiger partial charge in [0.15, 0.2) is 12.1 Å². The highest BCUT2D eigenvalue weighted by Crippen LogP contribution is 2.63. The number of rotatable bonds is 5. The van der Waals surface area contributed by atoms with E-state index < -0.39 is 72.0 Å². The van der Waals surface area contributed by atoms with Gasteiger partial charge in [-0.05, 0) is 88.2 Å². The Morgan fingerprint density at radius 1 is 1.07 bits per heavy atom. The summed E-state index contributed by atoms with van der Waals surface area (Å²) in [5.41, 5.74) is 3.14. The van der Waals surface area contributed by atoms with E-state index in [0.717, 1.165) is 50.6 Å². The normalized spacial score (nSPS) is 49.5. The van der Waals surface area contributed by atoms with Crippen molar-refractivity contribution in [2.24, 2.45) is 46.7 Å². The molecule has 45 heavy (non-hydrogen) atoms. The van der Waals surface area contributed by atoms with Crippen LogP contribution < -0.4 is 11.1 Å². The number of carbonyl (C=O) groups is 2. The molecule has 2 aliphatic heterocycles. The molecule has 4 saturated carbocycles. The number of Topliss-reactive ketones (excluding diaryl/α,β-unsaturated/α-hetero) is 2. The summed E-state index contributed by atoms with van der Waals surface area (Å²) in [6.07, 6.45) is 5.24. The van der Waals surface area contributed by atoms with Crippen molar-refractivity contribution in [1.82, 2.24) is 5.32 Å². The zero-order chi connectivity index (χ0) is 31.9. The summed E-state index contributed by atoms with van der Waals surface area (Å²) in [6.45, 7) is 1.97. The Hall–Kier alpha value is -1.70. The minimum atomic E-state index is -2.04. The second kappa shape index (κ2) is 11.5. The highest BCUT2D eigenvalue weighted by atomic mass is 16.7. The van der Waals surface area contributed by atoms with E-state index >= 15 is 0 Å². The molecule has 0 aromatic rings. The number of nitrogens with two attached hydrogens (primary N) is 1. The van der Waals surface area contributed by atoms with Crippen molar-refractivity contribution in [3.8, 4) is 0 Å². The molecule has 0 aromatic heterocycles. The van der Waals surface area contributed by atoms with Crippen LogP contribution in [0.4, 0.5) is 0 Å². The number of ketones is 2. The number of allylic oxidation sites excluding steroid dienone is 4. The van der Waals surface area contributed by atoms with Crippen LogP contribution in [0.5, 0.6) is 0 Å². The van der Waals surface area contributed by atoms with E-state index in [2.05, 4.69) is 5.32 Å². The average Bonchev–Trinajstić information content (AvgIpc) is 3.51. The minimum absolute atomic E-state index is 0.0943. The number of hydrogen-bond acceptors (Lipinski definition) is 11. The summed E-state index contributed by atoms with van der Waals surface area (Å²) in [7, 11) is 0. The van der Waals surface area contributed by atoms with Gasteiger partial charge in [0.25, 0.3) is 0 Å². The van der Waals surface area contributed by atoms with E-state index in [1.807, 2.05) is 0 Å². The molecule has 2 saturated heterocycles. The maximum absolute atomic E-state index is 14.0. The first-order valence-corrected chi connectivity index (χ1v) is 17.1. The lowest BCUT2D eigenvalue weighted by atomic mass is 9.50. The summed E-state index contributed by atoms with van der Waals surface area (Å²) in [5.74, 6) is -3.89. The molecule has 0 amide bonds. The van der Waals surface area contributed by atoms with E-state index in [-0.39, 0.29) is 41.2 Å². The molecule has 11 heteroatoms. The van der Waals surface area contributed by atoms with Gasteiger partial charge in [0.2, 0.25) is 0 Å². The summed E-state index contributed by atoms with van der Waals surface area (Å²) < 4.78 is 12.7. The molecule has 13 atom stereocenters. The molecule has 13 unspecified atom stereocenters. The predicted molar refractivity (Wildman–Crippen MR) is 161 cm³/mol. The number of hydrogen-bond donors (Lipinski definition) is 7. The number of aliphatic hydroxyl groups excluding tert-OH is 4. The molecule has 5 aliphatic carbocycles. The van der Waals surface area contributed by atoms with Gasteiger partial charge < -0.3 is 46.1 Å². The van der Waals surface area contributed by atoms with Crippen LogP contribution in [0.2, 0.25) is 0 Å². The molecule has 11 nitrogen and oxygen atoms in total. The Morgan fingerprint density at radius 2 is 1.82 bits per heavy atom. The molecule has 250 valence electrons. The van der Waals surface area contributed by atoms with Crippen molar-refractivity contribution in [3.05, 3.63) is 23.5 Å². The molecular formula is C34H50N2O9. The fourth-order valence-corrected chi connectivity index (χ4v) is 11.1. The molecule has 0 spiro atoms. The third-order valence-electron chi connectivity index (χ3n) is 13.2. The lowest BCUT2D eigenvalue weighted by Crippen LogP contribution is -2.79. The second-order valence-electron chi connectivity index (χ2n) is 15.3. The van der Waals surface area contributed by atoms with Gasteiger partial charge in [-0.3, -0.25) is 9.59 Å². The molecule has 7 aliphatic rings. The Kier molecular flexibility index (Phi) is 8.13. The smallest absolute Gasteiger partial charge is 0.187 e. The molecule has 2 bridgehead atoms. The molecule has 0 aromatic carbocycles. The number of nitrogens with one attached hydrogen (secondary N) is 1. The Balaban J connectivity index is 1.21. The zero-order valence-corrected chi connectivity index (χ0v) is 26.1. The first-order valence-electron chi connectivity index (χ1n) is 17.1. The first-order chi connectivity index (χ1) is 21.5. The van der Waals surface area contributed by atoms with E-state index in [9.17, 15) is 35.1 Å². The number of fused-ring (bicyclic) bond motifs is 4. The van der Waals surface area contributed by atoms with E-state index in [1.165, 1.54) is 6.08 Å². The Bertz CT molecular complexity index is 1260. The van der Waals surface area contributed by atoms with Gasteiger partial charge in [0.1, 0.15) is 35.0 Å². The second-order valence-corrected chi connectivity index (χ2v) is 15.3. The molecule has 0 radical (unpaired) electrons. The third kappa shape index (κ3) is 4.67. The van der Waals surface area contributed by atoms with E-state index in [1.54, 1.807) is 13.0 Å². The van der Waals surface area contributed by atoms with Crippen molar-refractivity contribution < 1.29 is 44.6 Å². The average molecular weight is 631 g/mol. The topological polar surface area (TPSA) is 192 Å². The van der Waals surface area contributed by atoms with Crippen LogP contribution >= 0.6 is 0 Å². The van der Waals surface area contributed by atoms with Crippen LogP contribution in [0.3, 0.4) is 0 Å². The largest absolute Gasteiger partial charge is 0.512 e. The van der Waals surface area contributed by atoms with E-state index in [0.29, 0.717) is 25.7 Å². The minimum Gasteiger partial charge on any atom is -0.512 e. The van der Waals surface area contributed by atoms with Crippen LogP contribution in [0.1, 0.15) is 77.6 Å². The fraction of sp³-hybridized carbons (Fsp3) is 0.824. The van der Waals surface area contributed by atoms with Crippen molar-refractivity contribution >= 4 is 11.6 Å². The van der Waals surface area contributed by atoms with Crippen LogP contribution in [0.25, 0.3) is 0 Å². The third-order valence-corrected chi connectivity index (χ3v) is 13.2. The number of aliphatic hydroxyl groups is 5. The Morgan fingerprint density at radius 3 is 2.53 bits per heavy atom. The predicted octanol–water partition coefficient (Wildman–Crippen LogP) is 1.37. The zero-order valence-electron chi connectivity index (χ0n) is 26.1. The summed E-state index contributed by atoms with van der Waals surface area (Å²) in [4.78, 5) is 27.7. The van der Waals surface area contributed by atoms with Gasteiger partial charge in [-0.2, -0.15) is 0 Å². The highest BCUT2D eigenvalue weighted by Gasteiger charge is 2.72. The SMILES string of the molecule is CC1=CC2C(=O)C3CCCC(OC4OC5(CO)CCC(C6(C7CCNC(N)C7)CCCC6)C(O)(C4O)C5O)C3C(=O)C2C(O)=C1. The molecular weight excluding hydrogens is 580 g/mol. The van der Waals surface area contributed by atoms with Gasteiger partial charge in [-0.25, -0.2) is 0 Å². The van der Waals surface area contributed by atoms with Crippen LogP contribution in [0.15, 0.2) is 23.5 Å². The molecule has 8 N–H and O–H groups in total. The number of piperidine rings is 1. The van der Waals surface area contributed by atoms with Gasteiger partial charge in [0.05, 0.1) is 36.6 Å². The molecule has 6 fully saturated rings. The number of ether oxygens (including phenoxy) is 2. The monoisotopic (exact) mass is 630 g/mol. The van der Waals surface area contributed by atoms with Crippen LogP contribution in [0, 0.1) is 40.9 Å². The van der Waals surface area contributed by atoms with Crippen LogP contribution in [-0.2, 0) is 19.1 Å². The lowest BCUT2D eigenvalue weighted by Gasteiger charge is -2.64. The van der Waals surface area contributed by atoms with Crippen LogP contribution in [-0.4, -0.2) is 92.2 Å². The van der Waals surface area contributed by atoms with E-state index in [4.69, 9.17) is 15.2 Å². The van der Waals surface area contributed by atoms with Gasteiger partial charge in [-0.15, -0.1) is 0 Å². The van der Waals surface area contributed by atoms with Gasteiger partial charge in [0, 0.05) is 5.92 Å². The summed E-state index contributed by atoms with van der Waals surface area (Å²) >= 11 is 0. The van der Waals surface area contributed by atoms with Crippen molar-refractivity contribution in [2.75, 3.05) is 13.2 Å². The van der Waals surface area contributed by atoms with Gasteiger partial charge >= 0.3 is 0 Å². The standard InChI is InChI=1S/C34H50N2O9/c1-17-13-20-25(21(38)14-17)28(40)26-19(27(20)39)5-4-6-22(26)44-30-29(41)34(43)23(7-11-33(16-37,45-30)31(34)42)32(9-2-3-10-32)18-8-12-36-24(35)15-18/h13-14,18-20,22-26,29-31,36-38,41-43H,2-12,15-16,35H2,1H3. The number of carbonyl (C=O) groups excluding carboxylic acids is 2. The highest BCUT2D eigenvalue weighted by molar-refractivity contribution is 6.02. The lowest BCUT2D eigenvalue weighted by molar-refractivity contribution is -0.405. The van der Waals surface area contributed by atoms with Crippen molar-refractivity contribution in [1.29, 1.82) is 0 Å². The quantitative estimate of drug-likeness (QED) is 0.232. The van der Waals surface area contributed by atoms with Crippen molar-refractivity contribution in [2.45, 2.75) is 120 Å². The maximum atomic E-state index is 14.0. The summed E-state index contributed by atoms with van der Waals surface area (Å²) in [5, 5.41) is 61.2. The molecule has 2 heterocycles.